The topological polar surface area (TPSA) is 75.7 Å². The van der Waals surface area contributed by atoms with Crippen LogP contribution in [0.5, 0.6) is 5.75 Å². The zero-order valence-electron chi connectivity index (χ0n) is 14.9. The largest absolute Gasteiger partial charge is 0.494 e. The van der Waals surface area contributed by atoms with Crippen LogP contribution in [0.4, 0.5) is 5.69 Å². The molecule has 3 rings (SSSR count). The predicted octanol–water partition coefficient (Wildman–Crippen LogP) is 3.78. The molecular formula is C19H21ClN2O4S. The lowest BCUT2D eigenvalue weighted by molar-refractivity contribution is 0.102. The summed E-state index contributed by atoms with van der Waals surface area (Å²) in [6.07, 6.45) is 1.66. The molecule has 27 heavy (non-hydrogen) atoms. The first-order valence-corrected chi connectivity index (χ1v) is 10.6. The fourth-order valence-corrected chi connectivity index (χ4v) is 4.93. The van der Waals surface area contributed by atoms with Gasteiger partial charge in [-0.25, -0.2) is 8.42 Å². The summed E-state index contributed by atoms with van der Waals surface area (Å²) in [6.45, 7) is 3.40. The van der Waals surface area contributed by atoms with Crippen molar-refractivity contribution in [2.75, 3.05) is 25.0 Å². The van der Waals surface area contributed by atoms with Crippen LogP contribution in [-0.2, 0) is 10.0 Å². The highest BCUT2D eigenvalue weighted by Gasteiger charge is 2.29. The molecule has 0 bridgehead atoms. The monoisotopic (exact) mass is 408 g/mol. The molecule has 0 radical (unpaired) electrons. The number of nitrogens with one attached hydrogen (secondary N) is 1. The molecule has 0 atom stereocenters. The van der Waals surface area contributed by atoms with E-state index in [-0.39, 0.29) is 15.5 Å². The summed E-state index contributed by atoms with van der Waals surface area (Å²) in [5.74, 6) is 0.301. The zero-order valence-corrected chi connectivity index (χ0v) is 16.5. The molecule has 1 fully saturated rings. The number of carbonyl (C=O) groups is 1. The highest BCUT2D eigenvalue weighted by Crippen LogP contribution is 2.28. The quantitative estimate of drug-likeness (QED) is 0.789. The van der Waals surface area contributed by atoms with Gasteiger partial charge in [-0.3, -0.25) is 4.79 Å². The number of amides is 1. The second-order valence-electron chi connectivity index (χ2n) is 6.17. The van der Waals surface area contributed by atoms with Crippen molar-refractivity contribution in [1.29, 1.82) is 0 Å². The Balaban J connectivity index is 1.81. The first kappa shape index (κ1) is 19.7. The molecule has 1 aliphatic heterocycles. The minimum Gasteiger partial charge on any atom is -0.494 e. The zero-order chi connectivity index (χ0) is 19.4. The number of nitrogens with zero attached hydrogens (tertiary/aromatic N) is 1. The number of benzene rings is 2. The summed E-state index contributed by atoms with van der Waals surface area (Å²) in [5.41, 5.74) is 0.813. The summed E-state index contributed by atoms with van der Waals surface area (Å²) >= 11 is 6.12. The number of ether oxygens (including phenoxy) is 1. The molecular weight excluding hydrogens is 388 g/mol. The van der Waals surface area contributed by atoms with Gasteiger partial charge in [0.05, 0.1) is 11.6 Å². The molecule has 0 spiro atoms. The average Bonchev–Trinajstić information content (AvgIpc) is 3.19. The van der Waals surface area contributed by atoms with Gasteiger partial charge in [0.15, 0.2) is 0 Å². The third kappa shape index (κ3) is 4.43. The van der Waals surface area contributed by atoms with E-state index < -0.39 is 15.9 Å². The normalized spacial score (nSPS) is 14.9. The second kappa shape index (κ2) is 8.29. The molecule has 2 aromatic rings. The van der Waals surface area contributed by atoms with Crippen molar-refractivity contribution in [3.05, 3.63) is 53.1 Å². The van der Waals surface area contributed by atoms with Crippen LogP contribution in [0.25, 0.3) is 0 Å². The van der Waals surface area contributed by atoms with Gasteiger partial charge in [0.2, 0.25) is 10.0 Å². The van der Waals surface area contributed by atoms with E-state index in [0.29, 0.717) is 31.1 Å². The van der Waals surface area contributed by atoms with Gasteiger partial charge in [-0.05, 0) is 62.2 Å². The van der Waals surface area contributed by atoms with Crippen LogP contribution < -0.4 is 10.1 Å². The number of rotatable bonds is 6. The van der Waals surface area contributed by atoms with Gasteiger partial charge in [0.25, 0.3) is 5.91 Å². The maximum atomic E-state index is 12.8. The number of sulfonamides is 1. The maximum Gasteiger partial charge on any atom is 0.255 e. The van der Waals surface area contributed by atoms with Crippen molar-refractivity contribution in [1.82, 2.24) is 4.31 Å². The van der Waals surface area contributed by atoms with Gasteiger partial charge in [0.1, 0.15) is 10.6 Å². The molecule has 0 aliphatic carbocycles. The third-order valence-electron chi connectivity index (χ3n) is 4.30. The Hall–Kier alpha value is -2.09. The van der Waals surface area contributed by atoms with Gasteiger partial charge in [-0.15, -0.1) is 0 Å². The number of carbonyl (C=O) groups excluding carboxylic acids is 1. The molecule has 1 heterocycles. The van der Waals surface area contributed by atoms with Crippen molar-refractivity contribution in [3.63, 3.8) is 0 Å². The van der Waals surface area contributed by atoms with Crippen LogP contribution in [-0.4, -0.2) is 38.3 Å². The Morgan fingerprint density at radius 1 is 1.15 bits per heavy atom. The summed E-state index contributed by atoms with van der Waals surface area (Å²) in [4.78, 5) is 12.5. The first-order chi connectivity index (χ1) is 12.9. The van der Waals surface area contributed by atoms with Crippen molar-refractivity contribution in [2.24, 2.45) is 0 Å². The van der Waals surface area contributed by atoms with E-state index >= 15 is 0 Å². The van der Waals surface area contributed by atoms with Crippen molar-refractivity contribution in [3.8, 4) is 5.75 Å². The smallest absolute Gasteiger partial charge is 0.255 e. The fraction of sp³-hybridized carbons (Fsp3) is 0.316. The molecule has 1 amide bonds. The highest BCUT2D eigenvalue weighted by molar-refractivity contribution is 7.89. The average molecular weight is 409 g/mol. The predicted molar refractivity (Wildman–Crippen MR) is 105 cm³/mol. The molecule has 1 aliphatic rings. The SMILES string of the molecule is CCOc1ccc(NC(=O)c2ccc(Cl)c(S(=O)(=O)N3CCCC3)c2)cc1. The summed E-state index contributed by atoms with van der Waals surface area (Å²) < 4.78 is 32.3. The van der Waals surface area contributed by atoms with E-state index in [1.54, 1.807) is 24.3 Å². The van der Waals surface area contributed by atoms with Crippen LogP contribution in [0.2, 0.25) is 5.02 Å². The molecule has 0 aromatic heterocycles. The van der Waals surface area contributed by atoms with Crippen LogP contribution >= 0.6 is 11.6 Å². The number of anilines is 1. The van der Waals surface area contributed by atoms with Crippen LogP contribution in [0.1, 0.15) is 30.1 Å². The van der Waals surface area contributed by atoms with E-state index in [1.165, 1.54) is 22.5 Å². The molecule has 1 N–H and O–H groups in total. The molecule has 8 heteroatoms. The molecule has 2 aromatic carbocycles. The summed E-state index contributed by atoms with van der Waals surface area (Å²) in [7, 11) is -3.71. The highest BCUT2D eigenvalue weighted by atomic mass is 35.5. The molecule has 1 saturated heterocycles. The van der Waals surface area contributed by atoms with E-state index in [2.05, 4.69) is 5.32 Å². The number of halogens is 1. The molecule has 6 nitrogen and oxygen atoms in total. The number of hydrogen-bond acceptors (Lipinski definition) is 4. The van der Waals surface area contributed by atoms with Crippen molar-refractivity contribution in [2.45, 2.75) is 24.7 Å². The van der Waals surface area contributed by atoms with E-state index in [1.807, 2.05) is 6.92 Å². The molecule has 144 valence electrons. The molecule has 0 unspecified atom stereocenters. The van der Waals surface area contributed by atoms with E-state index in [0.717, 1.165) is 12.8 Å². The van der Waals surface area contributed by atoms with E-state index in [4.69, 9.17) is 16.3 Å². The Labute approximate surface area is 164 Å². The minimum atomic E-state index is -3.71. The second-order valence-corrected chi connectivity index (χ2v) is 8.48. The summed E-state index contributed by atoms with van der Waals surface area (Å²) in [5, 5.41) is 2.86. The van der Waals surface area contributed by atoms with Gasteiger partial charge < -0.3 is 10.1 Å². The van der Waals surface area contributed by atoms with Crippen molar-refractivity contribution >= 4 is 33.2 Å². The minimum absolute atomic E-state index is 0.0367. The van der Waals surface area contributed by atoms with Gasteiger partial charge in [-0.1, -0.05) is 11.6 Å². The maximum absolute atomic E-state index is 12.8. The fourth-order valence-electron chi connectivity index (χ4n) is 2.91. The lowest BCUT2D eigenvalue weighted by atomic mass is 10.2. The van der Waals surface area contributed by atoms with Gasteiger partial charge >= 0.3 is 0 Å². The van der Waals surface area contributed by atoms with Crippen LogP contribution in [0, 0.1) is 0 Å². The van der Waals surface area contributed by atoms with Crippen LogP contribution in [0.15, 0.2) is 47.4 Å². The van der Waals surface area contributed by atoms with Gasteiger partial charge in [-0.2, -0.15) is 4.31 Å². The Bertz CT molecular complexity index is 923. The molecule has 0 saturated carbocycles. The van der Waals surface area contributed by atoms with Crippen molar-refractivity contribution < 1.29 is 17.9 Å². The Kier molecular flexibility index (Phi) is 6.04. The standard InChI is InChI=1S/C19H21ClN2O4S/c1-2-26-16-8-6-15(7-9-16)21-19(23)14-5-10-17(20)18(13-14)27(24,25)22-11-3-4-12-22/h5-10,13H,2-4,11-12H2,1H3,(H,21,23). The first-order valence-electron chi connectivity index (χ1n) is 8.75. The Morgan fingerprint density at radius 2 is 1.81 bits per heavy atom. The Morgan fingerprint density at radius 3 is 2.44 bits per heavy atom. The third-order valence-corrected chi connectivity index (χ3v) is 6.68. The van der Waals surface area contributed by atoms with Gasteiger partial charge in [0, 0.05) is 24.3 Å². The lowest BCUT2D eigenvalue weighted by Crippen LogP contribution is -2.28. The lowest BCUT2D eigenvalue weighted by Gasteiger charge is -2.17. The van der Waals surface area contributed by atoms with E-state index in [9.17, 15) is 13.2 Å². The number of hydrogen-bond donors (Lipinski definition) is 1. The summed E-state index contributed by atoms with van der Waals surface area (Å²) in [6, 6.07) is 11.2. The van der Waals surface area contributed by atoms with Crippen LogP contribution in [0.3, 0.4) is 0 Å².